The summed E-state index contributed by atoms with van der Waals surface area (Å²) >= 11 is 0. The van der Waals surface area contributed by atoms with Crippen molar-refractivity contribution in [2.24, 2.45) is 5.92 Å². The van der Waals surface area contributed by atoms with Gasteiger partial charge in [-0.25, -0.2) is 8.42 Å². The van der Waals surface area contributed by atoms with Crippen LogP contribution in [-0.2, 0) is 27.8 Å². The Hall–Kier alpha value is -2.64. The fourth-order valence-electron chi connectivity index (χ4n) is 5.18. The van der Waals surface area contributed by atoms with Crippen molar-refractivity contribution in [1.29, 1.82) is 0 Å². The summed E-state index contributed by atoms with van der Waals surface area (Å²) in [7, 11) is -3.54. The zero-order chi connectivity index (χ0) is 22.5. The molecular weight excluding hydrogens is 422 g/mol. The molecule has 0 aliphatic carbocycles. The Morgan fingerprint density at radius 1 is 1.03 bits per heavy atom. The summed E-state index contributed by atoms with van der Waals surface area (Å²) in [5.41, 5.74) is 5.38. The van der Waals surface area contributed by atoms with Gasteiger partial charge in [0.1, 0.15) is 0 Å². The van der Waals surface area contributed by atoms with Gasteiger partial charge in [0.2, 0.25) is 15.9 Å². The van der Waals surface area contributed by atoms with Crippen LogP contribution in [0.1, 0.15) is 35.2 Å². The number of nitrogens with one attached hydrogen (secondary N) is 1. The molecule has 3 aromatic rings. The average Bonchev–Trinajstić information content (AvgIpc) is 3.16. The highest BCUT2D eigenvalue weighted by Gasteiger charge is 2.35. The van der Waals surface area contributed by atoms with Crippen LogP contribution in [0.5, 0.6) is 0 Å². The summed E-state index contributed by atoms with van der Waals surface area (Å²) in [4.78, 5) is 19.1. The van der Waals surface area contributed by atoms with Gasteiger partial charge in [0.25, 0.3) is 0 Å². The molecule has 2 aliphatic heterocycles. The minimum Gasteiger partial charge on any atom is -0.358 e. The lowest BCUT2D eigenvalue weighted by atomic mass is 9.95. The summed E-state index contributed by atoms with van der Waals surface area (Å²) in [6.45, 7) is 5.90. The molecule has 1 saturated heterocycles. The summed E-state index contributed by atoms with van der Waals surface area (Å²) in [6.07, 6.45) is 1.97. The third kappa shape index (κ3) is 3.63. The van der Waals surface area contributed by atoms with Gasteiger partial charge in [-0.3, -0.25) is 4.79 Å². The van der Waals surface area contributed by atoms with Crippen LogP contribution in [0.15, 0.2) is 47.4 Å². The summed E-state index contributed by atoms with van der Waals surface area (Å²) in [5.74, 6) is 0.0387. The van der Waals surface area contributed by atoms with Crippen LogP contribution >= 0.6 is 0 Å². The first-order chi connectivity index (χ1) is 15.3. The van der Waals surface area contributed by atoms with Crippen LogP contribution in [-0.4, -0.2) is 48.1 Å². The highest BCUT2D eigenvalue weighted by Crippen LogP contribution is 2.31. The van der Waals surface area contributed by atoms with Crippen molar-refractivity contribution < 1.29 is 13.2 Å². The van der Waals surface area contributed by atoms with E-state index >= 15 is 0 Å². The van der Waals surface area contributed by atoms with Gasteiger partial charge in [0, 0.05) is 60.7 Å². The van der Waals surface area contributed by atoms with E-state index in [2.05, 4.69) is 17.1 Å². The first-order valence-corrected chi connectivity index (χ1v) is 12.7. The van der Waals surface area contributed by atoms with Crippen molar-refractivity contribution in [2.75, 3.05) is 19.6 Å². The van der Waals surface area contributed by atoms with Gasteiger partial charge in [-0.15, -0.1) is 0 Å². The predicted molar refractivity (Wildman–Crippen MR) is 125 cm³/mol. The summed E-state index contributed by atoms with van der Waals surface area (Å²) < 4.78 is 27.9. The van der Waals surface area contributed by atoms with Crippen LogP contribution in [0.2, 0.25) is 0 Å². The van der Waals surface area contributed by atoms with Crippen LogP contribution in [0.3, 0.4) is 0 Å². The average molecular weight is 452 g/mol. The van der Waals surface area contributed by atoms with Gasteiger partial charge in [-0.2, -0.15) is 4.31 Å². The Morgan fingerprint density at radius 2 is 1.78 bits per heavy atom. The van der Waals surface area contributed by atoms with E-state index in [4.69, 9.17) is 0 Å². The second-order valence-corrected chi connectivity index (χ2v) is 11.0. The zero-order valence-corrected chi connectivity index (χ0v) is 19.4. The number of benzene rings is 2. The molecule has 0 atom stereocenters. The van der Waals surface area contributed by atoms with E-state index in [1.54, 1.807) is 10.4 Å². The maximum atomic E-state index is 13.3. The molecule has 0 unspecified atom stereocenters. The van der Waals surface area contributed by atoms with E-state index in [-0.39, 0.29) is 11.8 Å². The Balaban J connectivity index is 1.27. The normalized spacial score (nSPS) is 18.1. The highest BCUT2D eigenvalue weighted by molar-refractivity contribution is 7.89. The molecule has 2 aromatic carbocycles. The number of aromatic amines is 1. The van der Waals surface area contributed by atoms with E-state index in [9.17, 15) is 13.2 Å². The Labute approximate surface area is 189 Å². The summed E-state index contributed by atoms with van der Waals surface area (Å²) in [6, 6.07) is 13.7. The third-order valence-corrected chi connectivity index (χ3v) is 9.00. The molecule has 1 fully saturated rings. The Kier molecular flexibility index (Phi) is 5.34. The number of rotatable bonds is 3. The van der Waals surface area contributed by atoms with Crippen molar-refractivity contribution in [3.05, 3.63) is 64.8 Å². The van der Waals surface area contributed by atoms with Crippen molar-refractivity contribution in [3.63, 3.8) is 0 Å². The van der Waals surface area contributed by atoms with Crippen molar-refractivity contribution in [1.82, 2.24) is 14.2 Å². The Morgan fingerprint density at radius 3 is 2.53 bits per heavy atom. The standard InChI is InChI=1S/C25H29N3O3S/c1-17-7-8-24(18(2)15-17)32(30,31)28-13-9-19(10-14-28)25(29)27-12-11-23-21(16-27)20-5-3-4-6-22(20)26-23/h3-8,15,19,26H,9-14,16H2,1-2H3. The van der Waals surface area contributed by atoms with E-state index in [0.717, 1.165) is 23.1 Å². The second kappa shape index (κ2) is 8.05. The lowest BCUT2D eigenvalue weighted by Gasteiger charge is -2.35. The molecule has 5 rings (SSSR count). The number of nitrogens with zero attached hydrogens (tertiary/aromatic N) is 2. The number of aromatic nitrogens is 1. The molecule has 0 radical (unpaired) electrons. The molecular formula is C25H29N3O3S. The minimum absolute atomic E-state index is 0.118. The number of para-hydroxylation sites is 1. The second-order valence-electron chi connectivity index (χ2n) is 9.08. The van der Waals surface area contributed by atoms with Crippen LogP contribution < -0.4 is 0 Å². The molecule has 168 valence electrons. The number of H-pyrrole nitrogens is 1. The molecule has 1 N–H and O–H groups in total. The number of carbonyl (C=O) groups excluding carboxylic acids is 1. The first kappa shape index (κ1) is 21.2. The molecule has 32 heavy (non-hydrogen) atoms. The zero-order valence-electron chi connectivity index (χ0n) is 18.6. The topological polar surface area (TPSA) is 73.5 Å². The fourth-order valence-corrected chi connectivity index (χ4v) is 6.86. The number of amides is 1. The Bertz CT molecular complexity index is 1290. The minimum atomic E-state index is -3.54. The smallest absolute Gasteiger partial charge is 0.243 e. The number of piperidine rings is 1. The molecule has 0 bridgehead atoms. The predicted octanol–water partition coefficient (Wildman–Crippen LogP) is 3.77. The lowest BCUT2D eigenvalue weighted by Crippen LogP contribution is -2.45. The number of carbonyl (C=O) groups is 1. The van der Waals surface area contributed by atoms with Crippen LogP contribution in [0.4, 0.5) is 0 Å². The number of fused-ring (bicyclic) bond motifs is 3. The van der Waals surface area contributed by atoms with Crippen LogP contribution in [0, 0.1) is 19.8 Å². The monoisotopic (exact) mass is 451 g/mol. The quantitative estimate of drug-likeness (QED) is 0.659. The molecule has 1 amide bonds. The SMILES string of the molecule is Cc1ccc(S(=O)(=O)N2CCC(C(=O)N3CCc4[nH]c5ccccc5c4C3)CC2)c(C)c1. The number of aryl methyl sites for hydroxylation is 2. The number of sulfonamides is 1. The van der Waals surface area contributed by atoms with E-state index in [1.165, 1.54) is 16.6 Å². The van der Waals surface area contributed by atoms with Gasteiger partial charge < -0.3 is 9.88 Å². The van der Waals surface area contributed by atoms with Gasteiger partial charge in [-0.05, 0) is 44.4 Å². The molecule has 0 spiro atoms. The van der Waals surface area contributed by atoms with Crippen molar-refractivity contribution in [2.45, 2.75) is 44.6 Å². The third-order valence-electron chi connectivity index (χ3n) is 6.95. The van der Waals surface area contributed by atoms with E-state index < -0.39 is 10.0 Å². The largest absolute Gasteiger partial charge is 0.358 e. The molecule has 3 heterocycles. The molecule has 1 aromatic heterocycles. The number of hydrogen-bond acceptors (Lipinski definition) is 3. The molecule has 6 nitrogen and oxygen atoms in total. The maximum absolute atomic E-state index is 13.3. The first-order valence-electron chi connectivity index (χ1n) is 11.3. The van der Waals surface area contributed by atoms with E-state index in [0.29, 0.717) is 43.9 Å². The molecule has 7 heteroatoms. The van der Waals surface area contributed by atoms with Gasteiger partial charge in [0.05, 0.1) is 4.90 Å². The van der Waals surface area contributed by atoms with E-state index in [1.807, 2.05) is 43.0 Å². The van der Waals surface area contributed by atoms with Gasteiger partial charge in [-0.1, -0.05) is 35.9 Å². The molecule has 0 saturated carbocycles. The van der Waals surface area contributed by atoms with Crippen LogP contribution in [0.25, 0.3) is 10.9 Å². The highest BCUT2D eigenvalue weighted by atomic mass is 32.2. The van der Waals surface area contributed by atoms with Gasteiger partial charge in [0.15, 0.2) is 0 Å². The van der Waals surface area contributed by atoms with Crippen molar-refractivity contribution >= 4 is 26.8 Å². The van der Waals surface area contributed by atoms with Gasteiger partial charge >= 0.3 is 0 Å². The summed E-state index contributed by atoms with van der Waals surface area (Å²) in [5, 5.41) is 1.19. The van der Waals surface area contributed by atoms with Crippen molar-refractivity contribution in [3.8, 4) is 0 Å². The maximum Gasteiger partial charge on any atom is 0.243 e. The fraction of sp³-hybridized carbons (Fsp3) is 0.400. The number of hydrogen-bond donors (Lipinski definition) is 1. The lowest BCUT2D eigenvalue weighted by molar-refractivity contribution is -0.137. The molecule has 2 aliphatic rings.